The number of hydrogen-bond donors (Lipinski definition) is 3. The Morgan fingerprint density at radius 1 is 0.820 bits per heavy atom. The number of hydrogen-bond acceptors (Lipinski definition) is 17. The summed E-state index contributed by atoms with van der Waals surface area (Å²) in [4.78, 5) is 69.1. The summed E-state index contributed by atoms with van der Waals surface area (Å²) < 4.78 is 54.5. The number of phenols is 1. The molecular weight excluding hydrogens is 1290 g/mol. The van der Waals surface area contributed by atoms with Crippen molar-refractivity contribution in [2.24, 2.45) is 18.9 Å². The van der Waals surface area contributed by atoms with Crippen LogP contribution in [0.3, 0.4) is 0 Å². The van der Waals surface area contributed by atoms with Crippen molar-refractivity contribution in [3.05, 3.63) is 102 Å². The van der Waals surface area contributed by atoms with E-state index in [1.54, 1.807) is 18.5 Å². The van der Waals surface area contributed by atoms with Gasteiger partial charge in [-0.2, -0.15) is 15.1 Å². The van der Waals surface area contributed by atoms with Gasteiger partial charge in [0.05, 0.1) is 40.9 Å². The van der Waals surface area contributed by atoms with Crippen LogP contribution < -0.4 is 19.9 Å². The second-order valence-corrected chi connectivity index (χ2v) is 36.3. The summed E-state index contributed by atoms with van der Waals surface area (Å²) in [6.45, 7) is 32.1. The lowest BCUT2D eigenvalue weighted by Gasteiger charge is -2.42. The minimum atomic E-state index is -2.36. The van der Waals surface area contributed by atoms with Crippen LogP contribution in [0.15, 0.2) is 77.6 Å². The number of aliphatic hydroxyl groups excluding tert-OH is 1. The molecule has 0 radical (unpaired) electrons. The highest BCUT2D eigenvalue weighted by Gasteiger charge is 2.47. The molecular formula is C76H99F2N13O8Si. The fraction of sp³-hybridized carbons (Fsp3) is 0.553. The first-order valence-corrected chi connectivity index (χ1v) is 38.2. The largest absolute Gasteiger partial charge is 0.508 e. The van der Waals surface area contributed by atoms with Crippen molar-refractivity contribution in [2.45, 2.75) is 174 Å². The molecule has 5 aliphatic heterocycles. The van der Waals surface area contributed by atoms with Crippen LogP contribution in [0.1, 0.15) is 144 Å². The minimum Gasteiger partial charge on any atom is -0.508 e. The van der Waals surface area contributed by atoms with E-state index in [4.69, 9.17) is 28.9 Å². The molecule has 9 heterocycles. The van der Waals surface area contributed by atoms with E-state index in [2.05, 4.69) is 88.2 Å². The normalized spacial score (nSPS) is 20.3. The third-order valence-corrected chi connectivity index (χ3v) is 28.0. The zero-order valence-corrected chi connectivity index (χ0v) is 61.3. The zero-order valence-electron chi connectivity index (χ0n) is 60.3. The van der Waals surface area contributed by atoms with E-state index in [-0.39, 0.29) is 112 Å². The van der Waals surface area contributed by atoms with Crippen molar-refractivity contribution >= 4 is 59.3 Å². The van der Waals surface area contributed by atoms with Gasteiger partial charge in [-0.25, -0.2) is 13.6 Å². The Hall–Kier alpha value is -8.24. The van der Waals surface area contributed by atoms with Gasteiger partial charge in [0.2, 0.25) is 11.8 Å². The van der Waals surface area contributed by atoms with Crippen LogP contribution in [0.2, 0.25) is 16.6 Å². The monoisotopic (exact) mass is 1390 g/mol. The number of β-amino-alcohol motifs (C(OH)–C–C–N with tert-alkyl or cyclic N) is 1. The van der Waals surface area contributed by atoms with Crippen LogP contribution in [-0.2, 0) is 21.4 Å². The third kappa shape index (κ3) is 14.8. The van der Waals surface area contributed by atoms with E-state index >= 15 is 8.78 Å². The molecule has 0 spiro atoms. The number of piperazine rings is 2. The SMILES string of the molecule is CC(C)[C@H](C(=O)N1C[C@H](O)C[C@H]1C(=O)N[C@@H](C)c1ccc(-c2ccnn2C)cc1)c1cc(N2CCN(CC3CCN(CCOc4nc(N5CC6CCC(C5)N6C(=O)OC(C)(C)C)c5cnc(-c6cc(O)cc7ccc(F)c(C#C[Si](C(C)C)(C(C)C)C(C)C)c67)c(F)c5n4)CC3)CC2)no1. The number of rotatable bonds is 19. The highest BCUT2D eigenvalue weighted by Crippen LogP contribution is 2.44. The van der Waals surface area contributed by atoms with E-state index in [1.165, 1.54) is 23.1 Å². The topological polar surface area (TPSA) is 224 Å². The first-order chi connectivity index (χ1) is 47.7. The van der Waals surface area contributed by atoms with E-state index in [0.717, 1.165) is 88.3 Å². The van der Waals surface area contributed by atoms with Crippen molar-refractivity contribution in [1.29, 1.82) is 0 Å². The Morgan fingerprint density at radius 3 is 2.15 bits per heavy atom. The van der Waals surface area contributed by atoms with Gasteiger partial charge in [-0.15, -0.1) is 5.54 Å². The number of likely N-dealkylation sites (tertiary alicyclic amines) is 2. The predicted molar refractivity (Wildman–Crippen MR) is 386 cm³/mol. The summed E-state index contributed by atoms with van der Waals surface area (Å²) in [6.07, 6.45) is 5.76. The molecule has 100 heavy (non-hydrogen) atoms. The average molecular weight is 1390 g/mol. The van der Waals surface area contributed by atoms with Crippen LogP contribution in [0.5, 0.6) is 11.8 Å². The van der Waals surface area contributed by atoms with Crippen LogP contribution >= 0.6 is 0 Å². The van der Waals surface area contributed by atoms with Gasteiger partial charge in [0.1, 0.15) is 60.8 Å². The number of carbonyl (C=O) groups excluding carboxylic acids is 3. The van der Waals surface area contributed by atoms with Crippen molar-refractivity contribution in [3.63, 3.8) is 0 Å². The molecule has 3 N–H and O–H groups in total. The fourth-order valence-electron chi connectivity index (χ4n) is 16.5. The number of anilines is 2. The lowest BCUT2D eigenvalue weighted by atomic mass is 9.91. The molecule has 2 unspecified atom stereocenters. The number of halogens is 2. The van der Waals surface area contributed by atoms with Crippen LogP contribution in [0.25, 0.3) is 44.2 Å². The first-order valence-electron chi connectivity index (χ1n) is 35.9. The zero-order chi connectivity index (χ0) is 71.2. The summed E-state index contributed by atoms with van der Waals surface area (Å²) in [5.41, 5.74) is 6.86. The van der Waals surface area contributed by atoms with Gasteiger partial charge in [0.25, 0.3) is 0 Å². The van der Waals surface area contributed by atoms with Gasteiger partial charge in [0.15, 0.2) is 17.4 Å². The summed E-state index contributed by atoms with van der Waals surface area (Å²) in [7, 11) is -0.470. The number of ether oxygens (including phenoxy) is 2. The maximum Gasteiger partial charge on any atom is 0.410 e. The Balaban J connectivity index is 0.689. The number of nitrogens with zero attached hydrogens (tertiary/aromatic N) is 12. The third-order valence-electron chi connectivity index (χ3n) is 21.7. The number of fused-ring (bicyclic) bond motifs is 4. The molecule has 24 heteroatoms. The minimum absolute atomic E-state index is 0.00983. The van der Waals surface area contributed by atoms with E-state index in [9.17, 15) is 24.6 Å². The first kappa shape index (κ1) is 71.6. The highest BCUT2D eigenvalue weighted by molar-refractivity contribution is 6.90. The number of aryl methyl sites for hydroxylation is 1. The molecule has 5 saturated heterocycles. The van der Waals surface area contributed by atoms with E-state index in [1.807, 2.05) is 94.6 Å². The smallest absolute Gasteiger partial charge is 0.410 e. The van der Waals surface area contributed by atoms with Gasteiger partial charge in [-0.1, -0.05) is 96.8 Å². The number of pyridine rings is 1. The highest BCUT2D eigenvalue weighted by atomic mass is 28.3. The molecule has 3 aromatic carbocycles. The number of aromatic nitrogens is 6. The molecule has 3 amide bonds. The van der Waals surface area contributed by atoms with Gasteiger partial charge in [0, 0.05) is 102 Å². The number of benzene rings is 3. The Morgan fingerprint density at radius 2 is 1.51 bits per heavy atom. The van der Waals surface area contributed by atoms with Gasteiger partial charge >= 0.3 is 12.1 Å². The van der Waals surface area contributed by atoms with Crippen LogP contribution in [0.4, 0.5) is 25.2 Å². The van der Waals surface area contributed by atoms with Crippen molar-refractivity contribution < 1.29 is 47.4 Å². The maximum absolute atomic E-state index is 18.0. The second-order valence-electron chi connectivity index (χ2n) is 30.7. The Kier molecular flexibility index (Phi) is 21.0. The number of phenolic OH excluding ortho intramolecular Hbond substituents is 1. The molecule has 5 aliphatic rings. The molecule has 7 aromatic rings. The molecule has 12 rings (SSSR count). The Bertz CT molecular complexity index is 4150. The molecule has 534 valence electrons. The van der Waals surface area contributed by atoms with Crippen molar-refractivity contribution in [2.75, 3.05) is 88.4 Å². The molecule has 4 aromatic heterocycles. The number of aromatic hydroxyl groups is 1. The van der Waals surface area contributed by atoms with Gasteiger partial charge in [-0.3, -0.25) is 34.0 Å². The van der Waals surface area contributed by atoms with E-state index in [0.29, 0.717) is 59.1 Å². The lowest BCUT2D eigenvalue weighted by Crippen LogP contribution is -2.57. The number of amides is 3. The molecule has 2 bridgehead atoms. The second kappa shape index (κ2) is 29.4. The predicted octanol–water partition coefficient (Wildman–Crippen LogP) is 11.9. The van der Waals surface area contributed by atoms with Crippen LogP contribution in [0, 0.1) is 34.9 Å². The Labute approximate surface area is 586 Å². The van der Waals surface area contributed by atoms with Crippen LogP contribution in [-0.4, -0.2) is 194 Å². The standard InChI is InChI=1S/C76H99F2N13O8Si/c1-45(2)66(73(95)90-44-57(93)38-63(90)72(94)81-49(9)51-14-16-52(17-15-51)62-22-26-80-85(62)13)64-39-65(84-99-64)88-31-29-87(30-32-88)41-50-23-27-86(28-24-50)33-34-97-74-82-70-60(71(83-74)89-42-54-19-20-55(43-89)91(54)75(96)98-76(10,11)12)40-79-69(68(70)78)59-37-56(92)36-53-18-21-61(77)58(67(53)59)25-35-100(46(3)4,47(5)6)48(7)8/h14-18,21-22,26,36-37,39-40,45-50,54-55,57,63,66,92-93H,19-20,23-24,27-34,38,41-44H2,1-13H3,(H,81,94)/t49-,54?,55?,57+,63-,66-/m0/s1. The molecule has 0 aliphatic carbocycles. The molecule has 6 atom stereocenters. The fourth-order valence-corrected chi connectivity index (χ4v) is 21.7. The summed E-state index contributed by atoms with van der Waals surface area (Å²) in [5, 5.41) is 35.1. The van der Waals surface area contributed by atoms with Gasteiger partial charge in [-0.05, 0) is 136 Å². The summed E-state index contributed by atoms with van der Waals surface area (Å²) in [5.74, 6) is 2.37. The quantitative estimate of drug-likeness (QED) is 0.0505. The average Bonchev–Trinajstić information content (AvgIpc) is 0.858. The maximum atomic E-state index is 18.0. The van der Waals surface area contributed by atoms with Crippen molar-refractivity contribution in [3.8, 4) is 45.7 Å². The summed E-state index contributed by atoms with van der Waals surface area (Å²) in [6, 6.07) is 16.1. The number of carbonyl (C=O) groups is 3. The number of piperidine rings is 1. The van der Waals surface area contributed by atoms with Gasteiger partial charge < -0.3 is 44.2 Å². The number of nitrogens with one attached hydrogen (secondary N) is 1. The van der Waals surface area contributed by atoms with Crippen molar-refractivity contribution in [1.82, 2.24) is 54.8 Å². The molecule has 21 nitrogen and oxygen atoms in total. The number of aliphatic hydroxyl groups is 1. The summed E-state index contributed by atoms with van der Waals surface area (Å²) >= 11 is 0. The van der Waals surface area contributed by atoms with E-state index < -0.39 is 43.4 Å². The molecule has 0 saturated carbocycles. The lowest BCUT2D eigenvalue weighted by molar-refractivity contribution is -0.141. The molecule has 5 fully saturated rings.